The van der Waals surface area contributed by atoms with E-state index in [0.29, 0.717) is 0 Å². The Labute approximate surface area is 131 Å². The van der Waals surface area contributed by atoms with Gasteiger partial charge in [-0.2, -0.15) is 0 Å². The van der Waals surface area contributed by atoms with Crippen LogP contribution in [0, 0.1) is 0 Å². The van der Waals surface area contributed by atoms with E-state index < -0.39 is 5.60 Å². The van der Waals surface area contributed by atoms with Gasteiger partial charge in [0.05, 0.1) is 6.04 Å². The molecule has 0 spiro atoms. The summed E-state index contributed by atoms with van der Waals surface area (Å²) in [6.07, 6.45) is 1.81. The van der Waals surface area contributed by atoms with Crippen LogP contribution in [0.5, 0.6) is 0 Å². The molecule has 3 heteroatoms. The van der Waals surface area contributed by atoms with E-state index >= 15 is 0 Å². The lowest BCUT2D eigenvalue weighted by molar-refractivity contribution is 0.0225. The van der Waals surface area contributed by atoms with Gasteiger partial charge in [0.2, 0.25) is 0 Å². The third kappa shape index (κ3) is 2.94. The van der Waals surface area contributed by atoms with E-state index in [-0.39, 0.29) is 12.1 Å². The van der Waals surface area contributed by atoms with Gasteiger partial charge >= 0.3 is 6.09 Å². The number of benzene rings is 2. The SMILES string of the molecule is CC(C)(C)OC(=O)N1CCC[C@@H]1c1cccc2ccccc12. The minimum Gasteiger partial charge on any atom is -0.444 e. The van der Waals surface area contributed by atoms with Gasteiger partial charge in [-0.3, -0.25) is 0 Å². The Morgan fingerprint density at radius 3 is 2.64 bits per heavy atom. The summed E-state index contributed by atoms with van der Waals surface area (Å²) >= 11 is 0. The number of amides is 1. The first-order valence-corrected chi connectivity index (χ1v) is 7.93. The molecule has 3 rings (SSSR count). The molecule has 0 N–H and O–H groups in total. The number of fused-ring (bicyclic) bond motifs is 1. The van der Waals surface area contributed by atoms with E-state index in [1.807, 2.05) is 31.7 Å². The highest BCUT2D eigenvalue weighted by Gasteiger charge is 2.33. The van der Waals surface area contributed by atoms with Crippen molar-refractivity contribution < 1.29 is 9.53 Å². The standard InChI is InChI=1S/C19H23NO2/c1-19(2,3)22-18(21)20-13-7-12-17(20)16-11-6-9-14-8-4-5-10-15(14)16/h4-6,8-11,17H,7,12-13H2,1-3H3/t17-/m1/s1. The molecule has 2 aromatic rings. The van der Waals surface area contributed by atoms with Crippen molar-refractivity contribution in [2.24, 2.45) is 0 Å². The Bertz CT molecular complexity index is 682. The van der Waals surface area contributed by atoms with Crippen LogP contribution in [0.3, 0.4) is 0 Å². The molecule has 1 saturated heterocycles. The molecule has 3 nitrogen and oxygen atoms in total. The molecule has 22 heavy (non-hydrogen) atoms. The second-order valence-electron chi connectivity index (χ2n) is 6.90. The van der Waals surface area contributed by atoms with Gasteiger partial charge in [0, 0.05) is 6.54 Å². The van der Waals surface area contributed by atoms with Crippen LogP contribution in [-0.4, -0.2) is 23.1 Å². The van der Waals surface area contributed by atoms with Crippen LogP contribution in [-0.2, 0) is 4.74 Å². The van der Waals surface area contributed by atoms with Crippen molar-refractivity contribution in [3.05, 3.63) is 48.0 Å². The minimum atomic E-state index is -0.455. The first-order valence-electron chi connectivity index (χ1n) is 7.93. The van der Waals surface area contributed by atoms with E-state index in [1.165, 1.54) is 16.3 Å². The van der Waals surface area contributed by atoms with Gasteiger partial charge in [-0.05, 0) is 49.9 Å². The van der Waals surface area contributed by atoms with Crippen LogP contribution in [0.1, 0.15) is 45.2 Å². The van der Waals surface area contributed by atoms with Crippen molar-refractivity contribution in [1.29, 1.82) is 0 Å². The van der Waals surface area contributed by atoms with E-state index in [9.17, 15) is 4.79 Å². The van der Waals surface area contributed by atoms with Crippen molar-refractivity contribution in [2.75, 3.05) is 6.54 Å². The molecule has 2 aromatic carbocycles. The zero-order chi connectivity index (χ0) is 15.7. The average Bonchev–Trinajstić information content (AvgIpc) is 2.94. The van der Waals surface area contributed by atoms with Crippen molar-refractivity contribution in [1.82, 2.24) is 4.90 Å². The summed E-state index contributed by atoms with van der Waals surface area (Å²) in [6.45, 7) is 6.50. The minimum absolute atomic E-state index is 0.112. The third-order valence-corrected chi connectivity index (χ3v) is 4.06. The number of carbonyl (C=O) groups excluding carboxylic acids is 1. The topological polar surface area (TPSA) is 29.5 Å². The van der Waals surface area contributed by atoms with Gasteiger partial charge in [0.25, 0.3) is 0 Å². The molecule has 0 aliphatic carbocycles. The van der Waals surface area contributed by atoms with Crippen LogP contribution >= 0.6 is 0 Å². The molecule has 1 aliphatic heterocycles. The highest BCUT2D eigenvalue weighted by Crippen LogP contribution is 2.36. The second kappa shape index (κ2) is 5.64. The largest absolute Gasteiger partial charge is 0.444 e. The highest BCUT2D eigenvalue weighted by atomic mass is 16.6. The Morgan fingerprint density at radius 1 is 1.14 bits per heavy atom. The van der Waals surface area contributed by atoms with Gasteiger partial charge in [-0.15, -0.1) is 0 Å². The lowest BCUT2D eigenvalue weighted by Crippen LogP contribution is -2.36. The van der Waals surface area contributed by atoms with E-state index in [4.69, 9.17) is 4.74 Å². The second-order valence-corrected chi connectivity index (χ2v) is 6.90. The first kappa shape index (κ1) is 14.9. The van der Waals surface area contributed by atoms with Gasteiger partial charge in [-0.1, -0.05) is 42.5 Å². The Hall–Kier alpha value is -2.03. The van der Waals surface area contributed by atoms with Crippen molar-refractivity contribution in [3.63, 3.8) is 0 Å². The monoisotopic (exact) mass is 297 g/mol. The third-order valence-electron chi connectivity index (χ3n) is 4.06. The first-order chi connectivity index (χ1) is 10.5. The van der Waals surface area contributed by atoms with Crippen LogP contribution in [0.25, 0.3) is 10.8 Å². The fourth-order valence-corrected chi connectivity index (χ4v) is 3.17. The molecule has 1 fully saturated rings. The highest BCUT2D eigenvalue weighted by molar-refractivity contribution is 5.86. The number of likely N-dealkylation sites (tertiary alicyclic amines) is 1. The molecule has 0 aromatic heterocycles. The predicted molar refractivity (Wildman–Crippen MR) is 88.9 cm³/mol. The lowest BCUT2D eigenvalue weighted by Gasteiger charge is -2.29. The quantitative estimate of drug-likeness (QED) is 0.748. The van der Waals surface area contributed by atoms with Gasteiger partial charge in [-0.25, -0.2) is 4.79 Å². The number of hydrogen-bond donors (Lipinski definition) is 0. The molecule has 0 saturated carbocycles. The summed E-state index contributed by atoms with van der Waals surface area (Å²) in [5.74, 6) is 0. The fraction of sp³-hybridized carbons (Fsp3) is 0.421. The molecular formula is C19H23NO2. The molecule has 0 radical (unpaired) electrons. The van der Waals surface area contributed by atoms with Gasteiger partial charge < -0.3 is 9.64 Å². The smallest absolute Gasteiger partial charge is 0.410 e. The van der Waals surface area contributed by atoms with E-state index in [2.05, 4.69) is 36.4 Å². The number of hydrogen-bond acceptors (Lipinski definition) is 2. The molecule has 0 bridgehead atoms. The zero-order valence-corrected chi connectivity index (χ0v) is 13.5. The van der Waals surface area contributed by atoms with E-state index in [0.717, 1.165) is 19.4 Å². The maximum Gasteiger partial charge on any atom is 0.410 e. The maximum atomic E-state index is 12.5. The number of nitrogens with zero attached hydrogens (tertiary/aromatic N) is 1. The summed E-state index contributed by atoms with van der Waals surface area (Å²) in [6, 6.07) is 14.8. The van der Waals surface area contributed by atoms with E-state index in [1.54, 1.807) is 0 Å². The summed E-state index contributed by atoms with van der Waals surface area (Å²) in [5, 5.41) is 2.45. The van der Waals surface area contributed by atoms with Crippen LogP contribution < -0.4 is 0 Å². The molecular weight excluding hydrogens is 274 g/mol. The average molecular weight is 297 g/mol. The summed E-state index contributed by atoms with van der Waals surface area (Å²) < 4.78 is 5.57. The molecule has 1 amide bonds. The number of carbonyl (C=O) groups is 1. The van der Waals surface area contributed by atoms with Crippen molar-refractivity contribution in [2.45, 2.75) is 45.3 Å². The Morgan fingerprint density at radius 2 is 1.86 bits per heavy atom. The fourth-order valence-electron chi connectivity index (χ4n) is 3.17. The molecule has 0 unspecified atom stereocenters. The molecule has 1 aliphatic rings. The lowest BCUT2D eigenvalue weighted by atomic mass is 9.97. The predicted octanol–water partition coefficient (Wildman–Crippen LogP) is 4.91. The summed E-state index contributed by atoms with van der Waals surface area (Å²) in [7, 11) is 0. The molecule has 1 atom stereocenters. The summed E-state index contributed by atoms with van der Waals surface area (Å²) in [5.41, 5.74) is 0.768. The van der Waals surface area contributed by atoms with Gasteiger partial charge in [0.15, 0.2) is 0 Å². The van der Waals surface area contributed by atoms with Gasteiger partial charge in [0.1, 0.15) is 5.60 Å². The molecule has 116 valence electrons. The number of rotatable bonds is 1. The normalized spacial score (nSPS) is 18.7. The molecule has 1 heterocycles. The maximum absolute atomic E-state index is 12.5. The van der Waals surface area contributed by atoms with Crippen molar-refractivity contribution >= 4 is 16.9 Å². The number of ether oxygens (including phenoxy) is 1. The van der Waals surface area contributed by atoms with Crippen LogP contribution in [0.15, 0.2) is 42.5 Å². The Balaban J connectivity index is 1.94. The summed E-state index contributed by atoms with van der Waals surface area (Å²) in [4.78, 5) is 14.4. The van der Waals surface area contributed by atoms with Crippen LogP contribution in [0.4, 0.5) is 4.79 Å². The van der Waals surface area contributed by atoms with Crippen molar-refractivity contribution in [3.8, 4) is 0 Å². The Kier molecular flexibility index (Phi) is 3.81. The van der Waals surface area contributed by atoms with Crippen LogP contribution in [0.2, 0.25) is 0 Å². The zero-order valence-electron chi connectivity index (χ0n) is 13.5.